The van der Waals surface area contributed by atoms with Gasteiger partial charge in [0.05, 0.1) is 6.54 Å². The van der Waals surface area contributed by atoms with E-state index >= 15 is 0 Å². The summed E-state index contributed by atoms with van der Waals surface area (Å²) < 4.78 is 0. The number of carbonyl (C=O) groups excluding carboxylic acids is 1. The van der Waals surface area contributed by atoms with Crippen molar-refractivity contribution in [2.75, 3.05) is 32.6 Å². The number of anilines is 1. The number of urea groups is 1. The van der Waals surface area contributed by atoms with Crippen molar-refractivity contribution in [3.05, 3.63) is 53.2 Å². The molecular formula is C19H23N7O. The van der Waals surface area contributed by atoms with Gasteiger partial charge in [0.15, 0.2) is 11.6 Å². The molecule has 0 saturated carbocycles. The van der Waals surface area contributed by atoms with Crippen molar-refractivity contribution < 1.29 is 4.79 Å². The average Bonchev–Trinajstić information content (AvgIpc) is 3.00. The van der Waals surface area contributed by atoms with Crippen molar-refractivity contribution in [1.82, 2.24) is 31.3 Å². The summed E-state index contributed by atoms with van der Waals surface area (Å²) in [4.78, 5) is 14.3. The Bertz CT molecular complexity index is 864. The highest BCUT2D eigenvalue weighted by Gasteiger charge is 2.49. The molecule has 1 aliphatic rings. The smallest absolute Gasteiger partial charge is 0.282 e. The normalized spacial score (nSPS) is 15.6. The second-order valence-electron chi connectivity index (χ2n) is 6.18. The van der Waals surface area contributed by atoms with E-state index < -0.39 is 5.79 Å². The summed E-state index contributed by atoms with van der Waals surface area (Å²) >= 11 is 0. The Morgan fingerprint density at radius 3 is 2.22 bits per heavy atom. The Morgan fingerprint density at radius 1 is 1.00 bits per heavy atom. The number of amides is 2. The third-order valence-corrected chi connectivity index (χ3v) is 4.56. The van der Waals surface area contributed by atoms with Crippen molar-refractivity contribution in [2.45, 2.75) is 12.7 Å². The van der Waals surface area contributed by atoms with Gasteiger partial charge < -0.3 is 0 Å². The minimum atomic E-state index is -0.739. The van der Waals surface area contributed by atoms with Gasteiger partial charge in [-0.3, -0.25) is 15.5 Å². The quantitative estimate of drug-likeness (QED) is 0.545. The van der Waals surface area contributed by atoms with Crippen LogP contribution in [0.3, 0.4) is 0 Å². The lowest BCUT2D eigenvalue weighted by Crippen LogP contribution is -2.68. The number of aryl methyl sites for hydroxylation is 1. The zero-order valence-electron chi connectivity index (χ0n) is 15.9. The minimum Gasteiger partial charge on any atom is -0.282 e. The Kier molecular flexibility index (Phi) is 5.37. The third kappa shape index (κ3) is 3.61. The first kappa shape index (κ1) is 18.8. The number of nitrogens with one attached hydrogen (secondary N) is 3. The topological polar surface area (TPSA) is 85.4 Å². The van der Waals surface area contributed by atoms with E-state index in [0.717, 1.165) is 5.56 Å². The van der Waals surface area contributed by atoms with Crippen LogP contribution < -0.4 is 21.0 Å². The fraction of sp³-hybridized carbons (Fsp3) is 0.316. The van der Waals surface area contributed by atoms with Crippen LogP contribution in [0.4, 0.5) is 10.6 Å². The summed E-state index contributed by atoms with van der Waals surface area (Å²) in [5.74, 6) is 5.78. The van der Waals surface area contributed by atoms with Crippen LogP contribution in [0.15, 0.2) is 36.4 Å². The van der Waals surface area contributed by atoms with E-state index in [4.69, 9.17) is 0 Å². The van der Waals surface area contributed by atoms with Crippen LogP contribution in [0, 0.1) is 18.8 Å². The molecular weight excluding hydrogens is 342 g/mol. The van der Waals surface area contributed by atoms with E-state index in [1.165, 1.54) is 10.6 Å². The summed E-state index contributed by atoms with van der Waals surface area (Å²) in [6.07, 6.45) is 0. The zero-order valence-corrected chi connectivity index (χ0v) is 15.9. The van der Waals surface area contributed by atoms with E-state index in [-0.39, 0.29) is 6.03 Å². The number of benzene rings is 1. The van der Waals surface area contributed by atoms with Gasteiger partial charge in [0.1, 0.15) is 5.69 Å². The number of aromatic nitrogens is 2. The first-order valence-electron chi connectivity index (χ1n) is 8.62. The average molecular weight is 365 g/mol. The lowest BCUT2D eigenvalue weighted by atomic mass is 10.1. The molecule has 1 fully saturated rings. The summed E-state index contributed by atoms with van der Waals surface area (Å²) in [6, 6.07) is 11.2. The van der Waals surface area contributed by atoms with Gasteiger partial charge in [-0.1, -0.05) is 23.6 Å². The van der Waals surface area contributed by atoms with Crippen molar-refractivity contribution in [3.8, 4) is 11.8 Å². The highest BCUT2D eigenvalue weighted by molar-refractivity contribution is 5.93. The number of carbonyl (C=O) groups is 1. The molecule has 0 unspecified atom stereocenters. The maximum atomic E-state index is 12.7. The highest BCUT2D eigenvalue weighted by atomic mass is 16.2. The number of hydrogen-bond donors (Lipinski definition) is 3. The van der Waals surface area contributed by atoms with Gasteiger partial charge in [0.2, 0.25) is 0 Å². The Labute approximate surface area is 158 Å². The molecule has 0 radical (unpaired) electrons. The Hall–Kier alpha value is -2.99. The SMILES string of the molecule is CNN1C(=O)N(c2ccc(C#Cc3ccc(C)cc3)nn2)CC1(NC)NC. The van der Waals surface area contributed by atoms with Crippen LogP contribution in [0.2, 0.25) is 0 Å². The first-order chi connectivity index (χ1) is 13.0. The molecule has 1 saturated heterocycles. The Balaban J connectivity index is 1.80. The van der Waals surface area contributed by atoms with Crippen LogP contribution in [-0.2, 0) is 0 Å². The molecule has 1 aromatic heterocycles. The van der Waals surface area contributed by atoms with Crippen molar-refractivity contribution in [1.29, 1.82) is 0 Å². The third-order valence-electron chi connectivity index (χ3n) is 4.56. The number of hydrogen-bond acceptors (Lipinski definition) is 6. The van der Waals surface area contributed by atoms with E-state index in [1.54, 1.807) is 38.2 Å². The van der Waals surface area contributed by atoms with Crippen LogP contribution in [0.25, 0.3) is 0 Å². The summed E-state index contributed by atoms with van der Waals surface area (Å²) in [5, 5.41) is 16.1. The number of hydrazine groups is 1. The van der Waals surface area contributed by atoms with Gasteiger partial charge in [-0.2, -0.15) is 0 Å². The largest absolute Gasteiger partial charge is 0.343 e. The zero-order chi connectivity index (χ0) is 19.4. The van der Waals surface area contributed by atoms with Crippen LogP contribution in [0.1, 0.15) is 16.8 Å². The van der Waals surface area contributed by atoms with E-state index in [0.29, 0.717) is 18.1 Å². The van der Waals surface area contributed by atoms with Gasteiger partial charge in [-0.15, -0.1) is 10.2 Å². The van der Waals surface area contributed by atoms with Gasteiger partial charge in [-0.25, -0.2) is 15.2 Å². The molecule has 0 spiro atoms. The number of nitrogens with zero attached hydrogens (tertiary/aromatic N) is 4. The second-order valence-corrected chi connectivity index (χ2v) is 6.18. The highest BCUT2D eigenvalue weighted by Crippen LogP contribution is 2.24. The fourth-order valence-corrected chi connectivity index (χ4v) is 2.93. The molecule has 3 N–H and O–H groups in total. The molecule has 0 atom stereocenters. The van der Waals surface area contributed by atoms with Crippen LogP contribution in [0.5, 0.6) is 0 Å². The van der Waals surface area contributed by atoms with E-state index in [1.807, 2.05) is 31.2 Å². The molecule has 140 valence electrons. The second kappa shape index (κ2) is 7.72. The molecule has 1 aliphatic heterocycles. The van der Waals surface area contributed by atoms with Crippen LogP contribution >= 0.6 is 0 Å². The molecule has 0 aliphatic carbocycles. The van der Waals surface area contributed by atoms with Crippen LogP contribution in [-0.4, -0.2) is 54.7 Å². The monoisotopic (exact) mass is 365 g/mol. The number of rotatable bonds is 4. The summed E-state index contributed by atoms with van der Waals surface area (Å²) in [7, 11) is 5.26. The minimum absolute atomic E-state index is 0.228. The maximum Gasteiger partial charge on any atom is 0.343 e. The summed E-state index contributed by atoms with van der Waals surface area (Å²) in [6.45, 7) is 2.40. The predicted molar refractivity (Wildman–Crippen MR) is 104 cm³/mol. The van der Waals surface area contributed by atoms with E-state index in [9.17, 15) is 4.79 Å². The fourth-order valence-electron chi connectivity index (χ4n) is 2.93. The molecule has 8 nitrogen and oxygen atoms in total. The van der Waals surface area contributed by atoms with Crippen molar-refractivity contribution in [3.63, 3.8) is 0 Å². The molecule has 3 rings (SSSR count). The van der Waals surface area contributed by atoms with E-state index in [2.05, 4.69) is 38.1 Å². The molecule has 0 bridgehead atoms. The lowest BCUT2D eigenvalue weighted by molar-refractivity contribution is 0.0745. The molecule has 8 heteroatoms. The van der Waals surface area contributed by atoms with Gasteiger partial charge in [0, 0.05) is 12.6 Å². The standard InChI is InChI=1S/C19H23N7O/c1-14-5-7-15(8-6-14)9-10-16-11-12-17(24-23-16)25-13-19(20-2,21-3)26(22-4)18(25)27/h5-8,11-12,20-22H,13H2,1-4H3. The van der Waals surface area contributed by atoms with Crippen molar-refractivity contribution >= 4 is 11.8 Å². The molecule has 2 aromatic rings. The molecule has 2 amide bonds. The van der Waals surface area contributed by atoms with Gasteiger partial charge in [0.25, 0.3) is 0 Å². The molecule has 1 aromatic carbocycles. The molecule has 2 heterocycles. The predicted octanol–water partition coefficient (Wildman–Crippen LogP) is 0.654. The van der Waals surface area contributed by atoms with Gasteiger partial charge >= 0.3 is 6.03 Å². The maximum absolute atomic E-state index is 12.7. The Morgan fingerprint density at radius 2 is 1.70 bits per heavy atom. The number of likely N-dealkylation sites (N-methyl/N-ethyl adjacent to an activating group) is 2. The first-order valence-corrected chi connectivity index (χ1v) is 8.62. The molecule has 27 heavy (non-hydrogen) atoms. The lowest BCUT2D eigenvalue weighted by Gasteiger charge is -2.35. The van der Waals surface area contributed by atoms with Gasteiger partial charge in [-0.05, 0) is 51.2 Å². The summed E-state index contributed by atoms with van der Waals surface area (Å²) in [5.41, 5.74) is 5.56. The van der Waals surface area contributed by atoms with Crippen molar-refractivity contribution in [2.24, 2.45) is 0 Å².